The van der Waals surface area contributed by atoms with Crippen molar-refractivity contribution in [3.05, 3.63) is 0 Å². The van der Waals surface area contributed by atoms with E-state index in [4.69, 9.17) is 4.74 Å². The van der Waals surface area contributed by atoms with E-state index in [2.05, 4.69) is 17.1 Å². The zero-order chi connectivity index (χ0) is 12.8. The fourth-order valence-corrected chi connectivity index (χ4v) is 2.91. The maximum Gasteiger partial charge on any atom is 0.225 e. The molecular weight excluding hydrogens is 228 g/mol. The summed E-state index contributed by atoms with van der Waals surface area (Å²) >= 11 is 0. The van der Waals surface area contributed by atoms with Gasteiger partial charge in [0.25, 0.3) is 0 Å². The van der Waals surface area contributed by atoms with E-state index in [0.717, 1.165) is 71.0 Å². The van der Waals surface area contributed by atoms with Gasteiger partial charge in [0.2, 0.25) is 5.91 Å². The van der Waals surface area contributed by atoms with Crippen molar-refractivity contribution in [2.24, 2.45) is 11.8 Å². The third-order valence-electron chi connectivity index (χ3n) is 4.18. The largest absolute Gasteiger partial charge is 0.381 e. The quantitative estimate of drug-likeness (QED) is 0.821. The van der Waals surface area contributed by atoms with E-state index in [9.17, 15) is 4.79 Å². The van der Waals surface area contributed by atoms with Gasteiger partial charge in [-0.3, -0.25) is 4.79 Å². The van der Waals surface area contributed by atoms with Crippen molar-refractivity contribution in [2.45, 2.75) is 32.6 Å². The van der Waals surface area contributed by atoms with Crippen LogP contribution < -0.4 is 5.32 Å². The van der Waals surface area contributed by atoms with Crippen molar-refractivity contribution in [1.29, 1.82) is 0 Å². The molecule has 0 aromatic heterocycles. The molecule has 1 amide bonds. The number of carbonyl (C=O) groups excluding carboxylic acids is 1. The topological polar surface area (TPSA) is 41.6 Å². The van der Waals surface area contributed by atoms with Crippen LogP contribution in [0, 0.1) is 11.8 Å². The molecule has 4 nitrogen and oxygen atoms in total. The van der Waals surface area contributed by atoms with E-state index in [1.54, 1.807) is 0 Å². The second-order valence-corrected chi connectivity index (χ2v) is 5.46. The van der Waals surface area contributed by atoms with Crippen LogP contribution in [-0.2, 0) is 9.53 Å². The van der Waals surface area contributed by atoms with Gasteiger partial charge in [0.15, 0.2) is 0 Å². The minimum Gasteiger partial charge on any atom is -0.381 e. The molecule has 2 saturated heterocycles. The Morgan fingerprint density at radius 1 is 1.22 bits per heavy atom. The van der Waals surface area contributed by atoms with Gasteiger partial charge >= 0.3 is 0 Å². The molecule has 0 aromatic carbocycles. The van der Waals surface area contributed by atoms with Gasteiger partial charge in [0.05, 0.1) is 0 Å². The third kappa shape index (κ3) is 3.69. The van der Waals surface area contributed by atoms with E-state index < -0.39 is 0 Å². The first-order valence-electron chi connectivity index (χ1n) is 7.38. The van der Waals surface area contributed by atoms with Crippen LogP contribution in [0.15, 0.2) is 0 Å². The Hall–Kier alpha value is -0.610. The number of amides is 1. The molecule has 2 heterocycles. The Kier molecular flexibility index (Phi) is 5.45. The molecule has 0 spiro atoms. The number of carbonyl (C=O) groups is 1. The first-order valence-corrected chi connectivity index (χ1v) is 7.38. The highest BCUT2D eigenvalue weighted by molar-refractivity contribution is 5.79. The minimum absolute atomic E-state index is 0.226. The zero-order valence-corrected chi connectivity index (χ0v) is 11.5. The molecule has 0 radical (unpaired) electrons. The van der Waals surface area contributed by atoms with Crippen LogP contribution in [0.1, 0.15) is 32.6 Å². The lowest BCUT2D eigenvalue weighted by molar-refractivity contribution is -0.139. The first kappa shape index (κ1) is 13.8. The minimum atomic E-state index is 0.226. The lowest BCUT2D eigenvalue weighted by atomic mass is 9.93. The molecule has 4 heteroatoms. The van der Waals surface area contributed by atoms with Crippen molar-refractivity contribution in [3.63, 3.8) is 0 Å². The van der Waals surface area contributed by atoms with E-state index in [-0.39, 0.29) is 5.92 Å². The van der Waals surface area contributed by atoms with Crippen molar-refractivity contribution < 1.29 is 9.53 Å². The van der Waals surface area contributed by atoms with Gasteiger partial charge in [-0.25, -0.2) is 0 Å². The van der Waals surface area contributed by atoms with Gasteiger partial charge in [-0.2, -0.15) is 0 Å². The number of piperidine rings is 1. The van der Waals surface area contributed by atoms with Crippen LogP contribution in [0.4, 0.5) is 0 Å². The second-order valence-electron chi connectivity index (χ2n) is 5.46. The summed E-state index contributed by atoms with van der Waals surface area (Å²) in [6, 6.07) is 0. The monoisotopic (exact) mass is 254 g/mol. The Balaban J connectivity index is 1.73. The van der Waals surface area contributed by atoms with Gasteiger partial charge in [-0.1, -0.05) is 6.92 Å². The smallest absolute Gasteiger partial charge is 0.225 e. The molecule has 0 aliphatic carbocycles. The van der Waals surface area contributed by atoms with Crippen LogP contribution in [0.2, 0.25) is 0 Å². The normalized spacial score (nSPS) is 23.3. The molecule has 1 N–H and O–H groups in total. The predicted octanol–water partition coefficient (Wildman–Crippen LogP) is 1.26. The van der Waals surface area contributed by atoms with Crippen LogP contribution in [0.3, 0.4) is 0 Å². The summed E-state index contributed by atoms with van der Waals surface area (Å²) in [5.74, 6) is 1.35. The van der Waals surface area contributed by atoms with E-state index in [1.807, 2.05) is 0 Å². The Bertz CT molecular complexity index is 257. The Morgan fingerprint density at radius 3 is 2.50 bits per heavy atom. The van der Waals surface area contributed by atoms with Crippen molar-refractivity contribution in [3.8, 4) is 0 Å². The first-order chi connectivity index (χ1) is 8.81. The molecule has 0 bridgehead atoms. The molecule has 2 aliphatic heterocycles. The van der Waals surface area contributed by atoms with Gasteiger partial charge in [0, 0.05) is 32.2 Å². The van der Waals surface area contributed by atoms with Crippen molar-refractivity contribution in [2.75, 3.05) is 39.4 Å². The Labute approximate surface area is 110 Å². The highest BCUT2D eigenvalue weighted by Crippen LogP contribution is 2.22. The molecule has 2 rings (SSSR count). The highest BCUT2D eigenvalue weighted by Gasteiger charge is 2.29. The number of nitrogens with zero attached hydrogens (tertiary/aromatic N) is 1. The zero-order valence-electron chi connectivity index (χ0n) is 11.5. The lowest BCUT2D eigenvalue weighted by Crippen LogP contribution is -2.44. The number of nitrogens with one attached hydrogen (secondary N) is 1. The number of hydrogen-bond donors (Lipinski definition) is 1. The van der Waals surface area contributed by atoms with Crippen LogP contribution in [0.5, 0.6) is 0 Å². The fourth-order valence-electron chi connectivity index (χ4n) is 2.91. The Morgan fingerprint density at radius 2 is 1.89 bits per heavy atom. The molecule has 18 heavy (non-hydrogen) atoms. The van der Waals surface area contributed by atoms with Gasteiger partial charge in [-0.15, -0.1) is 0 Å². The van der Waals surface area contributed by atoms with Crippen molar-refractivity contribution >= 4 is 5.91 Å². The third-order valence-corrected chi connectivity index (χ3v) is 4.18. The average molecular weight is 254 g/mol. The van der Waals surface area contributed by atoms with Gasteiger partial charge in [0.1, 0.15) is 0 Å². The summed E-state index contributed by atoms with van der Waals surface area (Å²) < 4.78 is 5.32. The standard InChI is InChI=1S/C14H26N2O2/c1-2-15-11-12-3-7-16(8-4-12)14(17)13-5-9-18-10-6-13/h12-13,15H,2-11H2,1H3. The summed E-state index contributed by atoms with van der Waals surface area (Å²) in [6.45, 7) is 7.71. The predicted molar refractivity (Wildman–Crippen MR) is 71.4 cm³/mol. The SMILES string of the molecule is CCNCC1CCN(C(=O)C2CCOCC2)CC1. The maximum atomic E-state index is 12.3. The van der Waals surface area contributed by atoms with E-state index >= 15 is 0 Å². The van der Waals surface area contributed by atoms with E-state index in [0.29, 0.717) is 5.91 Å². The molecule has 2 aliphatic rings. The van der Waals surface area contributed by atoms with Crippen LogP contribution in [-0.4, -0.2) is 50.2 Å². The molecule has 0 aromatic rings. The number of ether oxygens (including phenoxy) is 1. The maximum absolute atomic E-state index is 12.3. The molecule has 2 fully saturated rings. The number of likely N-dealkylation sites (tertiary alicyclic amines) is 1. The lowest BCUT2D eigenvalue weighted by Gasteiger charge is -2.35. The molecule has 0 atom stereocenters. The molecule has 0 unspecified atom stereocenters. The summed E-state index contributed by atoms with van der Waals surface area (Å²) in [5, 5.41) is 3.41. The molecule has 104 valence electrons. The second kappa shape index (κ2) is 7.10. The van der Waals surface area contributed by atoms with Crippen molar-refractivity contribution in [1.82, 2.24) is 10.2 Å². The van der Waals surface area contributed by atoms with E-state index in [1.165, 1.54) is 0 Å². The van der Waals surface area contributed by atoms with Gasteiger partial charge < -0.3 is 15.0 Å². The number of rotatable bonds is 4. The highest BCUT2D eigenvalue weighted by atomic mass is 16.5. The fraction of sp³-hybridized carbons (Fsp3) is 0.929. The average Bonchev–Trinajstić information content (AvgIpc) is 2.46. The molecule has 0 saturated carbocycles. The molecular formula is C14H26N2O2. The van der Waals surface area contributed by atoms with Crippen LogP contribution >= 0.6 is 0 Å². The summed E-state index contributed by atoms with van der Waals surface area (Å²) in [5.41, 5.74) is 0. The summed E-state index contributed by atoms with van der Waals surface area (Å²) in [6.07, 6.45) is 4.14. The number of hydrogen-bond acceptors (Lipinski definition) is 3. The summed E-state index contributed by atoms with van der Waals surface area (Å²) in [7, 11) is 0. The summed E-state index contributed by atoms with van der Waals surface area (Å²) in [4.78, 5) is 14.4. The van der Waals surface area contributed by atoms with Crippen LogP contribution in [0.25, 0.3) is 0 Å². The van der Waals surface area contributed by atoms with Gasteiger partial charge in [-0.05, 0) is 44.7 Å².